The molecule has 25 heavy (non-hydrogen) atoms. The van der Waals surface area contributed by atoms with Crippen LogP contribution in [0.3, 0.4) is 0 Å². The molecule has 0 spiro atoms. The molecule has 2 aromatic carbocycles. The number of benzene rings is 2. The van der Waals surface area contributed by atoms with Crippen molar-refractivity contribution in [3.05, 3.63) is 59.7 Å². The number of likely N-dealkylation sites (N-methyl/N-ethyl adjacent to an activating group) is 2. The van der Waals surface area contributed by atoms with Crippen LogP contribution in [0.25, 0.3) is 10.2 Å². The van der Waals surface area contributed by atoms with E-state index in [-0.39, 0.29) is 5.91 Å². The Balaban J connectivity index is 1.62. The number of fused-ring (bicyclic) bond motifs is 1. The highest BCUT2D eigenvalue weighted by Gasteiger charge is 2.17. The average molecular weight is 350 g/mol. The number of rotatable bonds is 5. The first-order chi connectivity index (χ1) is 12.1. The van der Waals surface area contributed by atoms with Crippen molar-refractivity contribution >= 4 is 32.6 Å². The minimum atomic E-state index is -0.00444. The standard InChI is InChI=1S/C19H18N4OS/c1-22(12-15-9-7-14(11-20)8-10-15)13-18(24)23(2)19-21-16-5-3-4-6-17(16)25-19/h3-10H,12-13H2,1-2H3. The summed E-state index contributed by atoms with van der Waals surface area (Å²) in [6.07, 6.45) is 0. The molecule has 1 heterocycles. The summed E-state index contributed by atoms with van der Waals surface area (Å²) in [5.74, 6) is -0.00444. The minimum Gasteiger partial charge on any atom is -0.293 e. The van der Waals surface area contributed by atoms with Gasteiger partial charge >= 0.3 is 0 Å². The second kappa shape index (κ2) is 7.43. The Bertz CT molecular complexity index is 893. The fourth-order valence-electron chi connectivity index (χ4n) is 2.50. The van der Waals surface area contributed by atoms with Crippen LogP contribution < -0.4 is 4.90 Å². The molecule has 6 heteroatoms. The van der Waals surface area contributed by atoms with E-state index >= 15 is 0 Å². The van der Waals surface area contributed by atoms with Crippen LogP contribution in [0.5, 0.6) is 0 Å². The van der Waals surface area contributed by atoms with Crippen LogP contribution >= 0.6 is 11.3 Å². The van der Waals surface area contributed by atoms with Crippen molar-refractivity contribution < 1.29 is 4.79 Å². The quantitative estimate of drug-likeness (QED) is 0.709. The summed E-state index contributed by atoms with van der Waals surface area (Å²) in [5, 5.41) is 9.54. The monoisotopic (exact) mass is 350 g/mol. The molecule has 126 valence electrons. The zero-order valence-electron chi connectivity index (χ0n) is 14.1. The molecule has 0 fully saturated rings. The maximum absolute atomic E-state index is 12.5. The predicted octanol–water partition coefficient (Wildman–Crippen LogP) is 3.26. The normalized spacial score (nSPS) is 10.8. The molecule has 0 saturated heterocycles. The minimum absolute atomic E-state index is 0.00444. The van der Waals surface area contributed by atoms with Gasteiger partial charge in [0, 0.05) is 13.6 Å². The molecule has 0 atom stereocenters. The summed E-state index contributed by atoms with van der Waals surface area (Å²) in [4.78, 5) is 20.6. The Morgan fingerprint density at radius 2 is 1.88 bits per heavy atom. The van der Waals surface area contributed by atoms with Crippen molar-refractivity contribution in [1.29, 1.82) is 5.26 Å². The average Bonchev–Trinajstić information content (AvgIpc) is 3.05. The number of thiazole rings is 1. The summed E-state index contributed by atoms with van der Waals surface area (Å²) >= 11 is 1.51. The van der Waals surface area contributed by atoms with Crippen LogP contribution in [0, 0.1) is 11.3 Å². The molecule has 0 aliphatic heterocycles. The van der Waals surface area contributed by atoms with Gasteiger partial charge in [0.1, 0.15) is 0 Å². The fraction of sp³-hybridized carbons (Fsp3) is 0.211. The number of hydrogen-bond acceptors (Lipinski definition) is 5. The van der Waals surface area contributed by atoms with Crippen molar-refractivity contribution in [1.82, 2.24) is 9.88 Å². The number of hydrogen-bond donors (Lipinski definition) is 0. The number of para-hydroxylation sites is 1. The highest BCUT2D eigenvalue weighted by Crippen LogP contribution is 2.27. The molecule has 0 saturated carbocycles. The van der Waals surface area contributed by atoms with Crippen molar-refractivity contribution in [3.63, 3.8) is 0 Å². The number of carbonyl (C=O) groups excluding carboxylic acids is 1. The Morgan fingerprint density at radius 1 is 1.16 bits per heavy atom. The van der Waals surface area contributed by atoms with Crippen LogP contribution in [0.1, 0.15) is 11.1 Å². The maximum atomic E-state index is 12.5. The number of aromatic nitrogens is 1. The molecule has 3 rings (SSSR count). The molecule has 0 bridgehead atoms. The zero-order chi connectivity index (χ0) is 17.8. The lowest BCUT2D eigenvalue weighted by molar-refractivity contribution is -0.119. The second-order valence-electron chi connectivity index (χ2n) is 5.90. The molecular formula is C19H18N4OS. The van der Waals surface area contributed by atoms with E-state index in [0.717, 1.165) is 15.8 Å². The van der Waals surface area contributed by atoms with Gasteiger partial charge in [0.25, 0.3) is 0 Å². The van der Waals surface area contributed by atoms with E-state index in [1.807, 2.05) is 48.3 Å². The van der Waals surface area contributed by atoms with Gasteiger partial charge < -0.3 is 0 Å². The first-order valence-corrected chi connectivity index (χ1v) is 8.68. The number of anilines is 1. The molecule has 1 amide bonds. The molecule has 3 aromatic rings. The summed E-state index contributed by atoms with van der Waals surface area (Å²) in [6, 6.07) is 17.4. The first-order valence-electron chi connectivity index (χ1n) is 7.86. The molecule has 0 radical (unpaired) electrons. The molecule has 0 N–H and O–H groups in total. The summed E-state index contributed by atoms with van der Waals surface area (Å²) in [6.45, 7) is 0.942. The molecule has 1 aromatic heterocycles. The second-order valence-corrected chi connectivity index (χ2v) is 6.91. The molecule has 5 nitrogen and oxygen atoms in total. The Kier molecular flexibility index (Phi) is 5.08. The molecule has 0 aliphatic rings. The molecular weight excluding hydrogens is 332 g/mol. The lowest BCUT2D eigenvalue weighted by atomic mass is 10.1. The van der Waals surface area contributed by atoms with Crippen LogP contribution in [-0.2, 0) is 11.3 Å². The lowest BCUT2D eigenvalue weighted by Gasteiger charge is -2.20. The Hall–Kier alpha value is -2.75. The SMILES string of the molecule is CN(CC(=O)N(C)c1nc2ccccc2s1)Cc1ccc(C#N)cc1. The van der Waals surface area contributed by atoms with E-state index in [4.69, 9.17) is 5.26 Å². The van der Waals surface area contributed by atoms with Gasteiger partial charge in [-0.3, -0.25) is 14.6 Å². The summed E-state index contributed by atoms with van der Waals surface area (Å²) < 4.78 is 1.07. The smallest absolute Gasteiger partial charge is 0.242 e. The third-order valence-corrected chi connectivity index (χ3v) is 5.00. The summed E-state index contributed by atoms with van der Waals surface area (Å²) in [7, 11) is 3.66. The highest BCUT2D eigenvalue weighted by atomic mass is 32.1. The third-order valence-electron chi connectivity index (χ3n) is 3.88. The van der Waals surface area contributed by atoms with Crippen molar-refractivity contribution in [2.75, 3.05) is 25.5 Å². The van der Waals surface area contributed by atoms with Crippen molar-refractivity contribution in [3.8, 4) is 6.07 Å². The zero-order valence-corrected chi connectivity index (χ0v) is 15.0. The van der Waals surface area contributed by atoms with E-state index in [2.05, 4.69) is 11.1 Å². The predicted molar refractivity (Wildman–Crippen MR) is 101 cm³/mol. The fourth-order valence-corrected chi connectivity index (χ4v) is 3.44. The van der Waals surface area contributed by atoms with E-state index in [1.165, 1.54) is 11.3 Å². The number of carbonyl (C=O) groups is 1. The van der Waals surface area contributed by atoms with E-state index in [9.17, 15) is 4.79 Å². The van der Waals surface area contributed by atoms with Gasteiger partial charge in [0.05, 0.1) is 28.4 Å². The van der Waals surface area contributed by atoms with Gasteiger partial charge in [-0.1, -0.05) is 35.6 Å². The van der Waals surface area contributed by atoms with Crippen molar-refractivity contribution in [2.45, 2.75) is 6.54 Å². The molecule has 0 unspecified atom stereocenters. The highest BCUT2D eigenvalue weighted by molar-refractivity contribution is 7.22. The first kappa shape index (κ1) is 17.1. The van der Waals surface area contributed by atoms with Crippen LogP contribution in [0.4, 0.5) is 5.13 Å². The maximum Gasteiger partial charge on any atom is 0.242 e. The lowest BCUT2D eigenvalue weighted by Crippen LogP contribution is -2.36. The van der Waals surface area contributed by atoms with Crippen LogP contribution in [-0.4, -0.2) is 36.4 Å². The van der Waals surface area contributed by atoms with E-state index in [0.29, 0.717) is 23.8 Å². The van der Waals surface area contributed by atoms with Gasteiger partial charge in [0.15, 0.2) is 5.13 Å². The Labute approximate surface area is 150 Å². The van der Waals surface area contributed by atoms with Gasteiger partial charge in [-0.2, -0.15) is 5.26 Å². The van der Waals surface area contributed by atoms with Gasteiger partial charge in [-0.25, -0.2) is 4.98 Å². The van der Waals surface area contributed by atoms with E-state index < -0.39 is 0 Å². The van der Waals surface area contributed by atoms with Crippen molar-refractivity contribution in [2.24, 2.45) is 0 Å². The van der Waals surface area contributed by atoms with E-state index in [1.54, 1.807) is 24.1 Å². The van der Waals surface area contributed by atoms with Crippen LogP contribution in [0.15, 0.2) is 48.5 Å². The number of nitrogens with zero attached hydrogens (tertiary/aromatic N) is 4. The van der Waals surface area contributed by atoms with Gasteiger partial charge in [-0.15, -0.1) is 0 Å². The molecule has 0 aliphatic carbocycles. The number of amides is 1. The topological polar surface area (TPSA) is 60.2 Å². The third kappa shape index (κ3) is 4.02. The summed E-state index contributed by atoms with van der Waals surface area (Å²) in [5.41, 5.74) is 2.61. The Morgan fingerprint density at radius 3 is 2.56 bits per heavy atom. The van der Waals surface area contributed by atoms with Crippen LogP contribution in [0.2, 0.25) is 0 Å². The van der Waals surface area contributed by atoms with Gasteiger partial charge in [0.2, 0.25) is 5.91 Å². The van der Waals surface area contributed by atoms with Gasteiger partial charge in [-0.05, 0) is 36.9 Å². The number of nitriles is 1. The largest absolute Gasteiger partial charge is 0.293 e.